The van der Waals surface area contributed by atoms with Gasteiger partial charge in [-0.1, -0.05) is 36.6 Å². The quantitative estimate of drug-likeness (QED) is 0.468. The minimum atomic E-state index is 0. The van der Waals surface area contributed by atoms with Gasteiger partial charge in [-0.25, -0.2) is 0 Å². The van der Waals surface area contributed by atoms with Crippen LogP contribution < -0.4 is 10.6 Å². The van der Waals surface area contributed by atoms with E-state index in [1.54, 1.807) is 0 Å². The number of rotatable bonds is 3. The van der Waals surface area contributed by atoms with Gasteiger partial charge in [0.1, 0.15) is 0 Å². The fourth-order valence-electron chi connectivity index (χ4n) is 2.25. The third kappa shape index (κ3) is 5.57. The van der Waals surface area contributed by atoms with Crippen LogP contribution in [0.2, 0.25) is 5.02 Å². The predicted molar refractivity (Wildman–Crippen MR) is 92.5 cm³/mol. The van der Waals surface area contributed by atoms with E-state index in [9.17, 15) is 0 Å². The van der Waals surface area contributed by atoms with Gasteiger partial charge in [-0.05, 0) is 30.5 Å². The smallest absolute Gasteiger partial charge is 0.191 e. The number of halogens is 2. The van der Waals surface area contributed by atoms with Crippen LogP contribution in [-0.4, -0.2) is 19.0 Å². The molecule has 3 nitrogen and oxygen atoms in total. The summed E-state index contributed by atoms with van der Waals surface area (Å²) < 4.78 is 0. The summed E-state index contributed by atoms with van der Waals surface area (Å²) in [7, 11) is 1.81. The zero-order chi connectivity index (χ0) is 12.8. The Hall–Kier alpha value is -0.490. The largest absolute Gasteiger partial charge is 0.354 e. The van der Waals surface area contributed by atoms with E-state index in [1.165, 1.54) is 31.2 Å². The summed E-state index contributed by atoms with van der Waals surface area (Å²) in [5.41, 5.74) is 1.20. The van der Waals surface area contributed by atoms with Crippen molar-refractivity contribution in [3.63, 3.8) is 0 Å². The minimum absolute atomic E-state index is 0. The molecule has 1 saturated carbocycles. The highest BCUT2D eigenvalue weighted by Gasteiger charge is 2.15. The maximum Gasteiger partial charge on any atom is 0.191 e. The molecule has 0 spiro atoms. The molecule has 2 N–H and O–H groups in total. The van der Waals surface area contributed by atoms with Crippen LogP contribution >= 0.6 is 35.6 Å². The van der Waals surface area contributed by atoms with Crippen molar-refractivity contribution in [2.45, 2.75) is 38.3 Å². The van der Waals surface area contributed by atoms with E-state index in [-0.39, 0.29) is 24.0 Å². The Morgan fingerprint density at radius 1 is 1.26 bits per heavy atom. The average molecular weight is 394 g/mol. The Labute approximate surface area is 137 Å². The average Bonchev–Trinajstić information content (AvgIpc) is 2.89. The van der Waals surface area contributed by atoms with Crippen LogP contribution in [0.1, 0.15) is 31.2 Å². The van der Waals surface area contributed by atoms with E-state index in [0.29, 0.717) is 6.04 Å². The zero-order valence-corrected chi connectivity index (χ0v) is 14.2. The third-order valence-corrected chi connectivity index (χ3v) is 3.54. The number of hydrogen-bond acceptors (Lipinski definition) is 1. The summed E-state index contributed by atoms with van der Waals surface area (Å²) in [6.45, 7) is 0.767. The Bertz CT molecular complexity index is 400. The third-order valence-electron chi connectivity index (χ3n) is 3.29. The van der Waals surface area contributed by atoms with Gasteiger partial charge in [-0.2, -0.15) is 0 Å². The number of hydrogen-bond donors (Lipinski definition) is 2. The molecule has 0 aliphatic heterocycles. The van der Waals surface area contributed by atoms with Gasteiger partial charge >= 0.3 is 0 Å². The standard InChI is InChI=1S/C14H20ClN3.HI/c1-16-14(18-13-4-2-3-5-13)17-10-11-6-8-12(15)9-7-11;/h6-9,13H,2-5,10H2,1H3,(H2,16,17,18);1H. The first-order valence-electron chi connectivity index (χ1n) is 6.49. The van der Waals surface area contributed by atoms with Crippen molar-refractivity contribution in [2.75, 3.05) is 7.05 Å². The molecule has 0 atom stereocenters. The van der Waals surface area contributed by atoms with Gasteiger partial charge in [-0.3, -0.25) is 4.99 Å². The second kappa shape index (κ2) is 8.64. The number of nitrogens with zero attached hydrogens (tertiary/aromatic N) is 1. The fourth-order valence-corrected chi connectivity index (χ4v) is 2.37. The lowest BCUT2D eigenvalue weighted by atomic mass is 10.2. The molecule has 2 rings (SSSR count). The molecule has 5 heteroatoms. The first-order chi connectivity index (χ1) is 8.78. The lowest BCUT2D eigenvalue weighted by molar-refractivity contribution is 0.613. The minimum Gasteiger partial charge on any atom is -0.354 e. The Kier molecular flexibility index (Phi) is 7.53. The lowest BCUT2D eigenvalue weighted by Gasteiger charge is -2.16. The number of aliphatic imine (C=N–C) groups is 1. The predicted octanol–water partition coefficient (Wildman–Crippen LogP) is 3.57. The van der Waals surface area contributed by atoms with E-state index < -0.39 is 0 Å². The first kappa shape index (κ1) is 16.6. The molecule has 1 aromatic rings. The molecule has 19 heavy (non-hydrogen) atoms. The van der Waals surface area contributed by atoms with Gasteiger partial charge in [0.15, 0.2) is 5.96 Å². The van der Waals surface area contributed by atoms with Crippen molar-refractivity contribution < 1.29 is 0 Å². The van der Waals surface area contributed by atoms with Crippen LogP contribution in [0.3, 0.4) is 0 Å². The van der Waals surface area contributed by atoms with Gasteiger partial charge in [-0.15, -0.1) is 24.0 Å². The Morgan fingerprint density at radius 2 is 1.89 bits per heavy atom. The number of nitrogens with one attached hydrogen (secondary N) is 2. The molecule has 0 aromatic heterocycles. The molecule has 1 aliphatic rings. The van der Waals surface area contributed by atoms with Crippen molar-refractivity contribution in [2.24, 2.45) is 4.99 Å². The van der Waals surface area contributed by atoms with Gasteiger partial charge in [0.05, 0.1) is 0 Å². The van der Waals surface area contributed by atoms with Gasteiger partial charge < -0.3 is 10.6 Å². The highest BCUT2D eigenvalue weighted by molar-refractivity contribution is 14.0. The van der Waals surface area contributed by atoms with Crippen molar-refractivity contribution in [1.29, 1.82) is 0 Å². The maximum absolute atomic E-state index is 5.86. The molecule has 0 unspecified atom stereocenters. The molecular formula is C14H21ClIN3. The summed E-state index contributed by atoms with van der Waals surface area (Å²) in [5.74, 6) is 0.886. The van der Waals surface area contributed by atoms with Crippen molar-refractivity contribution in [1.82, 2.24) is 10.6 Å². The summed E-state index contributed by atoms with van der Waals surface area (Å²) in [6.07, 6.45) is 5.15. The molecule has 0 bridgehead atoms. The monoisotopic (exact) mass is 393 g/mol. The highest BCUT2D eigenvalue weighted by Crippen LogP contribution is 2.17. The summed E-state index contributed by atoms with van der Waals surface area (Å²) in [6, 6.07) is 8.45. The van der Waals surface area contributed by atoms with E-state index in [1.807, 2.05) is 31.3 Å². The molecule has 0 amide bonds. The zero-order valence-electron chi connectivity index (χ0n) is 11.2. The summed E-state index contributed by atoms with van der Waals surface area (Å²) in [4.78, 5) is 4.25. The number of guanidine groups is 1. The van der Waals surface area contributed by atoms with E-state index >= 15 is 0 Å². The van der Waals surface area contributed by atoms with Gasteiger partial charge in [0.25, 0.3) is 0 Å². The van der Waals surface area contributed by atoms with E-state index in [4.69, 9.17) is 11.6 Å². The molecule has 1 aromatic carbocycles. The summed E-state index contributed by atoms with van der Waals surface area (Å²) >= 11 is 5.86. The van der Waals surface area contributed by atoms with Gasteiger partial charge in [0.2, 0.25) is 0 Å². The highest BCUT2D eigenvalue weighted by atomic mass is 127. The molecule has 0 radical (unpaired) electrons. The Balaban J connectivity index is 0.00000180. The van der Waals surface area contributed by atoms with Crippen molar-refractivity contribution in [3.8, 4) is 0 Å². The molecular weight excluding hydrogens is 373 g/mol. The van der Waals surface area contributed by atoms with Crippen LogP contribution in [-0.2, 0) is 6.54 Å². The van der Waals surface area contributed by atoms with Crippen LogP contribution in [0.25, 0.3) is 0 Å². The maximum atomic E-state index is 5.86. The second-order valence-corrected chi connectivity index (χ2v) is 5.11. The molecule has 0 heterocycles. The normalized spacial score (nSPS) is 16.0. The van der Waals surface area contributed by atoms with Crippen LogP contribution in [0.5, 0.6) is 0 Å². The molecule has 1 aliphatic carbocycles. The topological polar surface area (TPSA) is 36.4 Å². The molecule has 0 saturated heterocycles. The van der Waals surface area contributed by atoms with Crippen molar-refractivity contribution in [3.05, 3.63) is 34.9 Å². The SMILES string of the molecule is CN=C(NCc1ccc(Cl)cc1)NC1CCCC1.I. The fraction of sp³-hybridized carbons (Fsp3) is 0.500. The first-order valence-corrected chi connectivity index (χ1v) is 6.87. The van der Waals surface area contributed by atoms with Crippen LogP contribution in [0, 0.1) is 0 Å². The Morgan fingerprint density at radius 3 is 2.47 bits per heavy atom. The van der Waals surface area contributed by atoms with Crippen LogP contribution in [0.15, 0.2) is 29.3 Å². The van der Waals surface area contributed by atoms with Crippen molar-refractivity contribution >= 4 is 41.5 Å². The lowest BCUT2D eigenvalue weighted by Crippen LogP contribution is -2.41. The van der Waals surface area contributed by atoms with Crippen LogP contribution in [0.4, 0.5) is 0 Å². The molecule has 1 fully saturated rings. The second-order valence-electron chi connectivity index (χ2n) is 4.68. The van der Waals surface area contributed by atoms with Gasteiger partial charge in [0, 0.05) is 24.7 Å². The number of benzene rings is 1. The van der Waals surface area contributed by atoms with E-state index in [2.05, 4.69) is 15.6 Å². The van der Waals surface area contributed by atoms with E-state index in [0.717, 1.165) is 17.5 Å². The molecule has 106 valence electrons. The summed E-state index contributed by atoms with van der Waals surface area (Å²) in [5, 5.41) is 7.56.